The van der Waals surface area contributed by atoms with Crippen molar-refractivity contribution in [2.75, 3.05) is 22.1 Å². The highest BCUT2D eigenvalue weighted by Gasteiger charge is 2.26. The average Bonchev–Trinajstić information content (AvgIpc) is 3.16. The number of hydrogen-bond acceptors (Lipinski definition) is 6. The molecule has 3 aromatic rings. The van der Waals surface area contributed by atoms with Crippen molar-refractivity contribution in [1.29, 1.82) is 0 Å². The second-order valence-electron chi connectivity index (χ2n) is 7.52. The molecule has 4 rings (SSSR count). The Labute approximate surface area is 183 Å². The van der Waals surface area contributed by atoms with Gasteiger partial charge in [0.25, 0.3) is 0 Å². The normalized spacial score (nSPS) is 12.4. The van der Waals surface area contributed by atoms with Gasteiger partial charge in [0.1, 0.15) is 6.54 Å². The predicted molar refractivity (Wildman–Crippen MR) is 120 cm³/mol. The van der Waals surface area contributed by atoms with Crippen molar-refractivity contribution in [1.82, 2.24) is 14.3 Å². The summed E-state index contributed by atoms with van der Waals surface area (Å²) in [5.41, 5.74) is 1.33. The topological polar surface area (TPSA) is 118 Å². The van der Waals surface area contributed by atoms with Crippen LogP contribution in [0.4, 0.5) is 23.0 Å². The zero-order valence-corrected chi connectivity index (χ0v) is 17.7. The molecule has 10 heteroatoms. The van der Waals surface area contributed by atoms with Gasteiger partial charge in [0.2, 0.25) is 17.8 Å². The first-order chi connectivity index (χ1) is 15.3. The highest BCUT2D eigenvalue weighted by molar-refractivity contribution is 5.93. The molecule has 0 saturated carbocycles. The lowest BCUT2D eigenvalue weighted by molar-refractivity contribution is -0.117. The molecular formula is C22H22N6O4. The van der Waals surface area contributed by atoms with Crippen LogP contribution >= 0.6 is 0 Å². The van der Waals surface area contributed by atoms with E-state index < -0.39 is 23.6 Å². The minimum atomic E-state index is -0.860. The molecule has 0 fully saturated rings. The van der Waals surface area contributed by atoms with Crippen LogP contribution in [0.25, 0.3) is 0 Å². The predicted octanol–water partition coefficient (Wildman–Crippen LogP) is 1.46. The first-order valence-electron chi connectivity index (χ1n) is 10.1. The van der Waals surface area contributed by atoms with E-state index in [0.29, 0.717) is 30.4 Å². The number of benzene rings is 2. The summed E-state index contributed by atoms with van der Waals surface area (Å²) in [4.78, 5) is 50.7. The third-order valence-corrected chi connectivity index (χ3v) is 5.01. The van der Waals surface area contributed by atoms with Crippen molar-refractivity contribution in [2.45, 2.75) is 26.9 Å². The SMILES string of the molecule is CC(=O)Nc1cccc(NC(=O)Cn2nc3n(c(=O)c2=O)CCN3c2ccc(C)cc2)c1. The number of amides is 2. The first kappa shape index (κ1) is 21.0. The van der Waals surface area contributed by atoms with Crippen LogP contribution in [0.3, 0.4) is 0 Å². The van der Waals surface area contributed by atoms with Gasteiger partial charge in [-0.3, -0.25) is 23.7 Å². The van der Waals surface area contributed by atoms with Gasteiger partial charge in [-0.1, -0.05) is 23.8 Å². The van der Waals surface area contributed by atoms with Crippen molar-refractivity contribution in [2.24, 2.45) is 0 Å². The fraction of sp³-hybridized carbons (Fsp3) is 0.227. The molecule has 2 amide bonds. The van der Waals surface area contributed by atoms with Crippen LogP contribution in [0.15, 0.2) is 58.1 Å². The number of aryl methyl sites for hydroxylation is 1. The standard InChI is InChI=1S/C22H22N6O4/c1-14-6-8-18(9-7-14)26-10-11-27-20(31)21(32)28(25-22(26)27)13-19(30)24-17-5-3-4-16(12-17)23-15(2)29/h3-9,12H,10-11,13H2,1-2H3,(H,23,29)(H,24,30). The third-order valence-electron chi connectivity index (χ3n) is 5.01. The van der Waals surface area contributed by atoms with E-state index in [4.69, 9.17) is 0 Å². The maximum atomic E-state index is 12.6. The maximum absolute atomic E-state index is 12.6. The zero-order chi connectivity index (χ0) is 22.8. The number of nitrogens with one attached hydrogen (secondary N) is 2. The Kier molecular flexibility index (Phi) is 5.59. The molecular weight excluding hydrogens is 412 g/mol. The van der Waals surface area contributed by atoms with E-state index in [1.54, 1.807) is 24.3 Å². The highest BCUT2D eigenvalue weighted by Crippen LogP contribution is 2.26. The lowest BCUT2D eigenvalue weighted by Gasteiger charge is -2.18. The van der Waals surface area contributed by atoms with Gasteiger partial charge in [0.15, 0.2) is 0 Å². The molecule has 0 spiro atoms. The van der Waals surface area contributed by atoms with Gasteiger partial charge in [-0.2, -0.15) is 0 Å². The average molecular weight is 434 g/mol. The van der Waals surface area contributed by atoms with Crippen LogP contribution in [0.2, 0.25) is 0 Å². The molecule has 10 nitrogen and oxygen atoms in total. The minimum absolute atomic E-state index is 0.235. The van der Waals surface area contributed by atoms with E-state index >= 15 is 0 Å². The smallest absolute Gasteiger partial charge is 0.326 e. The van der Waals surface area contributed by atoms with Crippen LogP contribution in [0.1, 0.15) is 12.5 Å². The number of rotatable bonds is 5. The quantitative estimate of drug-likeness (QED) is 0.587. The van der Waals surface area contributed by atoms with Crippen molar-refractivity contribution in [3.63, 3.8) is 0 Å². The van der Waals surface area contributed by atoms with Crippen LogP contribution in [-0.4, -0.2) is 32.7 Å². The first-order valence-corrected chi connectivity index (χ1v) is 10.1. The van der Waals surface area contributed by atoms with Crippen LogP contribution in [0.5, 0.6) is 0 Å². The number of carbonyl (C=O) groups is 2. The molecule has 0 atom stereocenters. The Balaban J connectivity index is 1.58. The molecule has 1 aromatic heterocycles. The Bertz CT molecular complexity index is 1310. The summed E-state index contributed by atoms with van der Waals surface area (Å²) in [6.45, 7) is 3.78. The fourth-order valence-electron chi connectivity index (χ4n) is 3.52. The Morgan fingerprint density at radius 2 is 1.66 bits per heavy atom. The molecule has 0 aliphatic carbocycles. The third kappa shape index (κ3) is 4.29. The van der Waals surface area contributed by atoms with Crippen molar-refractivity contribution in [3.05, 3.63) is 74.8 Å². The molecule has 2 heterocycles. The Hall–Kier alpha value is -4.21. The number of nitrogens with zero attached hydrogens (tertiary/aromatic N) is 4. The van der Waals surface area contributed by atoms with Gasteiger partial charge in [-0.05, 0) is 37.3 Å². The zero-order valence-electron chi connectivity index (χ0n) is 17.7. The monoisotopic (exact) mass is 434 g/mol. The number of fused-ring (bicyclic) bond motifs is 1. The molecule has 2 N–H and O–H groups in total. The molecule has 1 aliphatic heterocycles. The van der Waals surface area contributed by atoms with Crippen molar-refractivity contribution >= 4 is 34.8 Å². The summed E-state index contributed by atoms with van der Waals surface area (Å²) < 4.78 is 2.21. The van der Waals surface area contributed by atoms with Crippen LogP contribution in [-0.2, 0) is 22.7 Å². The number of anilines is 4. The van der Waals surface area contributed by atoms with Gasteiger partial charge < -0.3 is 15.5 Å². The summed E-state index contributed by atoms with van der Waals surface area (Å²) in [5, 5.41) is 9.59. The molecule has 2 aromatic carbocycles. The molecule has 0 unspecified atom stereocenters. The van der Waals surface area contributed by atoms with Gasteiger partial charge >= 0.3 is 11.1 Å². The lowest BCUT2D eigenvalue weighted by atomic mass is 10.2. The number of hydrogen-bond donors (Lipinski definition) is 2. The fourth-order valence-corrected chi connectivity index (χ4v) is 3.52. The maximum Gasteiger partial charge on any atom is 0.333 e. The van der Waals surface area contributed by atoms with Crippen LogP contribution in [0, 0.1) is 6.92 Å². The molecule has 0 saturated heterocycles. The van der Waals surface area contributed by atoms with E-state index in [2.05, 4.69) is 15.7 Å². The highest BCUT2D eigenvalue weighted by atomic mass is 16.2. The summed E-state index contributed by atoms with van der Waals surface area (Å²) >= 11 is 0. The summed E-state index contributed by atoms with van der Waals surface area (Å²) in [6, 6.07) is 14.3. The molecule has 0 radical (unpaired) electrons. The molecule has 32 heavy (non-hydrogen) atoms. The molecule has 0 bridgehead atoms. The lowest BCUT2D eigenvalue weighted by Crippen LogP contribution is -2.44. The summed E-state index contributed by atoms with van der Waals surface area (Å²) in [5.74, 6) is -0.441. The number of aromatic nitrogens is 3. The van der Waals surface area contributed by atoms with E-state index in [1.807, 2.05) is 36.1 Å². The van der Waals surface area contributed by atoms with Gasteiger partial charge in [0, 0.05) is 37.1 Å². The van der Waals surface area contributed by atoms with Crippen molar-refractivity contribution < 1.29 is 9.59 Å². The summed E-state index contributed by atoms with van der Waals surface area (Å²) in [7, 11) is 0. The van der Waals surface area contributed by atoms with Crippen molar-refractivity contribution in [3.8, 4) is 0 Å². The molecule has 164 valence electrons. The second-order valence-corrected chi connectivity index (χ2v) is 7.52. The van der Waals surface area contributed by atoms with E-state index in [0.717, 1.165) is 15.9 Å². The van der Waals surface area contributed by atoms with Gasteiger partial charge in [-0.25, -0.2) is 4.68 Å². The second kappa shape index (κ2) is 8.50. The molecule has 1 aliphatic rings. The van der Waals surface area contributed by atoms with E-state index in [1.165, 1.54) is 11.5 Å². The van der Waals surface area contributed by atoms with Gasteiger partial charge in [-0.15, -0.1) is 5.10 Å². The van der Waals surface area contributed by atoms with E-state index in [-0.39, 0.29) is 5.91 Å². The summed E-state index contributed by atoms with van der Waals surface area (Å²) in [6.07, 6.45) is 0. The number of carbonyl (C=O) groups excluding carboxylic acids is 2. The van der Waals surface area contributed by atoms with Crippen LogP contribution < -0.4 is 26.7 Å². The Morgan fingerprint density at radius 3 is 2.34 bits per heavy atom. The van der Waals surface area contributed by atoms with Gasteiger partial charge in [0.05, 0.1) is 0 Å². The van der Waals surface area contributed by atoms with E-state index in [9.17, 15) is 19.2 Å². The largest absolute Gasteiger partial charge is 0.333 e. The Morgan fingerprint density at radius 1 is 0.969 bits per heavy atom. The minimum Gasteiger partial charge on any atom is -0.326 e.